The van der Waals surface area contributed by atoms with Gasteiger partial charge in [-0.1, -0.05) is 18.2 Å². The van der Waals surface area contributed by atoms with Crippen molar-refractivity contribution >= 4 is 17.8 Å². The molecule has 0 spiro atoms. The van der Waals surface area contributed by atoms with E-state index < -0.39 is 5.97 Å². The van der Waals surface area contributed by atoms with Gasteiger partial charge in [-0.25, -0.2) is 0 Å². The minimum Gasteiger partial charge on any atom is -0.481 e. The van der Waals surface area contributed by atoms with E-state index in [1.807, 2.05) is 35.2 Å². The van der Waals surface area contributed by atoms with Gasteiger partial charge in [0, 0.05) is 30.6 Å². The van der Waals surface area contributed by atoms with Gasteiger partial charge in [0.1, 0.15) is 0 Å². The summed E-state index contributed by atoms with van der Waals surface area (Å²) in [4.78, 5) is 37.8. The molecule has 1 aromatic rings. The molecule has 1 aliphatic carbocycles. The number of hydrogen-bond donors (Lipinski definition) is 2. The molecule has 2 amide bonds. The summed E-state index contributed by atoms with van der Waals surface area (Å²) < 4.78 is 0. The summed E-state index contributed by atoms with van der Waals surface area (Å²) >= 11 is 0. The lowest BCUT2D eigenvalue weighted by Gasteiger charge is -2.33. The summed E-state index contributed by atoms with van der Waals surface area (Å²) in [5, 5.41) is 12.1. The Bertz CT molecular complexity index is 645. The van der Waals surface area contributed by atoms with Crippen LogP contribution in [0.5, 0.6) is 0 Å². The number of carboxylic acid groups (broad SMARTS) is 1. The number of nitrogens with zero attached hydrogens (tertiary/aromatic N) is 1. The summed E-state index contributed by atoms with van der Waals surface area (Å²) in [7, 11) is 0. The smallest absolute Gasteiger partial charge is 0.306 e. The second-order valence-corrected chi connectivity index (χ2v) is 7.33. The quantitative estimate of drug-likeness (QED) is 0.865. The van der Waals surface area contributed by atoms with Crippen molar-refractivity contribution in [3.8, 4) is 0 Å². The Morgan fingerprint density at radius 3 is 2.08 bits per heavy atom. The molecule has 0 bridgehead atoms. The fourth-order valence-electron chi connectivity index (χ4n) is 3.91. The molecule has 0 radical (unpaired) electrons. The molecule has 0 atom stereocenters. The zero-order valence-corrected chi connectivity index (χ0v) is 14.9. The normalized spacial score (nSPS) is 24.1. The maximum absolute atomic E-state index is 12.5. The predicted octanol–water partition coefficient (Wildman–Crippen LogP) is 2.30. The number of likely N-dealkylation sites (tertiary alicyclic amines) is 1. The third kappa shape index (κ3) is 4.42. The highest BCUT2D eigenvalue weighted by Gasteiger charge is 2.31. The fourth-order valence-corrected chi connectivity index (χ4v) is 3.91. The number of aliphatic carboxylic acids is 1. The maximum Gasteiger partial charge on any atom is 0.306 e. The lowest BCUT2D eigenvalue weighted by molar-refractivity contribution is -0.142. The van der Waals surface area contributed by atoms with Crippen LogP contribution >= 0.6 is 0 Å². The summed E-state index contributed by atoms with van der Waals surface area (Å²) in [5.41, 5.74) is 0.686. The van der Waals surface area contributed by atoms with Crippen LogP contribution in [0.4, 0.5) is 0 Å². The largest absolute Gasteiger partial charge is 0.481 e. The fraction of sp³-hybridized carbons (Fsp3) is 0.550. The molecule has 2 aliphatic rings. The number of benzene rings is 1. The summed E-state index contributed by atoms with van der Waals surface area (Å²) in [5.74, 6) is -0.986. The van der Waals surface area contributed by atoms with Gasteiger partial charge in [-0.2, -0.15) is 0 Å². The van der Waals surface area contributed by atoms with E-state index in [0.29, 0.717) is 44.3 Å². The Kier molecular flexibility index (Phi) is 5.91. The lowest BCUT2D eigenvalue weighted by atomic mass is 9.85. The number of rotatable bonds is 4. The molecule has 3 rings (SSSR count). The Balaban J connectivity index is 1.44. The Hall–Kier alpha value is -2.37. The van der Waals surface area contributed by atoms with Gasteiger partial charge in [0.05, 0.1) is 5.92 Å². The van der Waals surface area contributed by atoms with Crippen molar-refractivity contribution < 1.29 is 19.5 Å². The molecule has 2 N–H and O–H groups in total. The lowest BCUT2D eigenvalue weighted by Crippen LogP contribution is -2.46. The molecule has 1 aliphatic heterocycles. The number of hydrogen-bond acceptors (Lipinski definition) is 3. The second-order valence-electron chi connectivity index (χ2n) is 7.33. The van der Waals surface area contributed by atoms with Crippen molar-refractivity contribution in [3.63, 3.8) is 0 Å². The molecule has 26 heavy (non-hydrogen) atoms. The number of carboxylic acids is 1. The van der Waals surface area contributed by atoms with Crippen LogP contribution < -0.4 is 5.32 Å². The third-order valence-electron chi connectivity index (χ3n) is 5.60. The summed E-state index contributed by atoms with van der Waals surface area (Å²) in [6.45, 7) is 1.19. The number of carbonyl (C=O) groups excluding carboxylic acids is 2. The topological polar surface area (TPSA) is 86.7 Å². The Morgan fingerprint density at radius 1 is 0.885 bits per heavy atom. The van der Waals surface area contributed by atoms with E-state index in [1.54, 1.807) is 0 Å². The van der Waals surface area contributed by atoms with Crippen LogP contribution in [-0.2, 0) is 9.59 Å². The van der Waals surface area contributed by atoms with Gasteiger partial charge < -0.3 is 15.3 Å². The first-order valence-electron chi connectivity index (χ1n) is 9.42. The van der Waals surface area contributed by atoms with Gasteiger partial charge in [-0.3, -0.25) is 14.4 Å². The zero-order valence-electron chi connectivity index (χ0n) is 14.9. The van der Waals surface area contributed by atoms with Crippen LogP contribution in [0.25, 0.3) is 0 Å². The van der Waals surface area contributed by atoms with Crippen molar-refractivity contribution in [1.29, 1.82) is 0 Å². The van der Waals surface area contributed by atoms with E-state index >= 15 is 0 Å². The van der Waals surface area contributed by atoms with E-state index in [-0.39, 0.29) is 29.7 Å². The molecular formula is C20H26N2O4. The second kappa shape index (κ2) is 8.34. The predicted molar refractivity (Wildman–Crippen MR) is 96.6 cm³/mol. The van der Waals surface area contributed by atoms with Crippen LogP contribution in [0.15, 0.2) is 30.3 Å². The summed E-state index contributed by atoms with van der Waals surface area (Å²) in [6, 6.07) is 9.31. The highest BCUT2D eigenvalue weighted by molar-refractivity contribution is 5.94. The molecule has 140 valence electrons. The number of nitrogens with one attached hydrogen (secondary N) is 1. The van der Waals surface area contributed by atoms with Crippen molar-refractivity contribution in [2.45, 2.75) is 44.6 Å². The molecule has 1 heterocycles. The van der Waals surface area contributed by atoms with Crippen LogP contribution in [0.2, 0.25) is 0 Å². The first-order chi connectivity index (χ1) is 12.5. The third-order valence-corrected chi connectivity index (χ3v) is 5.60. The molecule has 2 fully saturated rings. The minimum atomic E-state index is -0.731. The zero-order chi connectivity index (χ0) is 18.5. The van der Waals surface area contributed by atoms with Gasteiger partial charge in [-0.15, -0.1) is 0 Å². The Morgan fingerprint density at radius 2 is 1.50 bits per heavy atom. The number of piperidine rings is 1. The van der Waals surface area contributed by atoms with Crippen LogP contribution in [0, 0.1) is 11.8 Å². The molecule has 6 heteroatoms. The molecular weight excluding hydrogens is 332 g/mol. The first kappa shape index (κ1) is 18.4. The van der Waals surface area contributed by atoms with Crippen LogP contribution in [0.1, 0.15) is 48.9 Å². The van der Waals surface area contributed by atoms with Crippen molar-refractivity contribution in [1.82, 2.24) is 10.2 Å². The van der Waals surface area contributed by atoms with Crippen molar-refractivity contribution in [3.05, 3.63) is 35.9 Å². The van der Waals surface area contributed by atoms with E-state index in [4.69, 9.17) is 5.11 Å². The molecule has 1 saturated heterocycles. The van der Waals surface area contributed by atoms with E-state index in [1.165, 1.54) is 0 Å². The standard InChI is InChI=1S/C20H26N2O4/c23-18(21-17-8-6-16(7-9-17)20(25)26)14-10-12-22(13-11-14)19(24)15-4-2-1-3-5-15/h1-5,14,16-17H,6-13H2,(H,21,23)(H,25,26). The van der Waals surface area contributed by atoms with Gasteiger partial charge in [-0.05, 0) is 50.7 Å². The van der Waals surface area contributed by atoms with Gasteiger partial charge in [0.25, 0.3) is 5.91 Å². The molecule has 1 aromatic carbocycles. The molecule has 1 saturated carbocycles. The van der Waals surface area contributed by atoms with E-state index in [2.05, 4.69) is 5.32 Å². The van der Waals surface area contributed by atoms with Crippen LogP contribution in [-0.4, -0.2) is 46.9 Å². The number of carbonyl (C=O) groups is 3. The average molecular weight is 358 g/mol. The summed E-state index contributed by atoms with van der Waals surface area (Å²) in [6.07, 6.45) is 4.07. The molecule has 6 nitrogen and oxygen atoms in total. The highest BCUT2D eigenvalue weighted by atomic mass is 16.4. The maximum atomic E-state index is 12.5. The van der Waals surface area contributed by atoms with E-state index in [9.17, 15) is 14.4 Å². The van der Waals surface area contributed by atoms with Crippen molar-refractivity contribution in [2.24, 2.45) is 11.8 Å². The number of amides is 2. The van der Waals surface area contributed by atoms with E-state index in [0.717, 1.165) is 12.8 Å². The van der Waals surface area contributed by atoms with Crippen LogP contribution in [0.3, 0.4) is 0 Å². The monoisotopic (exact) mass is 358 g/mol. The first-order valence-corrected chi connectivity index (χ1v) is 9.42. The SMILES string of the molecule is O=C(O)C1CCC(NC(=O)C2CCN(C(=O)c3ccccc3)CC2)CC1. The van der Waals surface area contributed by atoms with Gasteiger partial charge >= 0.3 is 5.97 Å². The average Bonchev–Trinajstić information content (AvgIpc) is 2.68. The van der Waals surface area contributed by atoms with Gasteiger partial charge in [0.2, 0.25) is 5.91 Å². The molecule has 0 aromatic heterocycles. The van der Waals surface area contributed by atoms with Gasteiger partial charge in [0.15, 0.2) is 0 Å². The highest BCUT2D eigenvalue weighted by Crippen LogP contribution is 2.26. The molecule has 0 unspecified atom stereocenters. The minimum absolute atomic E-state index is 0.0245. The Labute approximate surface area is 153 Å². The van der Waals surface area contributed by atoms with Crippen molar-refractivity contribution in [2.75, 3.05) is 13.1 Å².